The van der Waals surface area contributed by atoms with Gasteiger partial charge in [-0.3, -0.25) is 9.38 Å². The molecular weight excluding hydrogens is 539 g/mol. The molecule has 0 fully saturated rings. The number of amides is 2. The van der Waals surface area contributed by atoms with Gasteiger partial charge in [0.1, 0.15) is 17.2 Å². The van der Waals surface area contributed by atoms with Gasteiger partial charge in [-0.15, -0.1) is 9.35 Å². The minimum absolute atomic E-state index is 0.205. The van der Waals surface area contributed by atoms with Crippen LogP contribution in [-0.2, 0) is 19.8 Å². The molecule has 13 heteroatoms. The first-order chi connectivity index (χ1) is 18.9. The summed E-state index contributed by atoms with van der Waals surface area (Å²) >= 11 is 0. The van der Waals surface area contributed by atoms with E-state index in [2.05, 4.69) is 20.4 Å². The van der Waals surface area contributed by atoms with E-state index in [1.165, 1.54) is 18.2 Å². The fourth-order valence-electron chi connectivity index (χ4n) is 3.88. The van der Waals surface area contributed by atoms with Crippen LogP contribution in [0.3, 0.4) is 0 Å². The molecule has 4 heterocycles. The monoisotopic (exact) mass is 564 g/mol. The lowest BCUT2D eigenvalue weighted by molar-refractivity contribution is 0.224. The molecule has 0 aliphatic carbocycles. The molecule has 0 aliphatic heterocycles. The molecule has 0 radical (unpaired) electrons. The van der Waals surface area contributed by atoms with Crippen molar-refractivity contribution in [3.05, 3.63) is 84.9 Å². The van der Waals surface area contributed by atoms with Crippen molar-refractivity contribution in [1.29, 1.82) is 0 Å². The largest absolute Gasteiger partial charge is 0.359 e. The highest BCUT2D eigenvalue weighted by Crippen LogP contribution is 2.29. The van der Waals surface area contributed by atoms with E-state index in [-0.39, 0.29) is 11.5 Å². The van der Waals surface area contributed by atoms with Crippen molar-refractivity contribution in [2.24, 2.45) is 0 Å². The highest BCUT2D eigenvalue weighted by Gasteiger charge is 2.29. The van der Waals surface area contributed by atoms with Crippen molar-refractivity contribution < 1.29 is 26.4 Å². The minimum atomic E-state index is -4.15. The summed E-state index contributed by atoms with van der Waals surface area (Å²) in [5.41, 5.74) is 2.99. The summed E-state index contributed by atoms with van der Waals surface area (Å²) in [6.45, 7) is 5.54. The molecule has 2 amide bonds. The third kappa shape index (κ3) is 5.70. The molecule has 0 saturated heterocycles. The Morgan fingerprint density at radius 2 is 1.88 bits per heavy atom. The number of carbonyl (C=O) groups is 1. The van der Waals surface area contributed by atoms with E-state index in [9.17, 15) is 13.2 Å². The highest BCUT2D eigenvalue weighted by atomic mass is 32.2. The zero-order chi connectivity index (χ0) is 28.7. The normalized spacial score (nSPS) is 12.0. The maximum atomic E-state index is 15.2. The maximum Gasteiger partial charge on any atom is 0.353 e. The van der Waals surface area contributed by atoms with E-state index >= 15 is 4.39 Å². The van der Waals surface area contributed by atoms with Crippen LogP contribution >= 0.6 is 0 Å². The number of halogens is 1. The Balaban J connectivity index is 1.40. The van der Waals surface area contributed by atoms with Crippen LogP contribution in [-0.4, -0.2) is 40.2 Å². The smallest absolute Gasteiger partial charge is 0.353 e. The molecule has 5 rings (SSSR count). The zero-order valence-corrected chi connectivity index (χ0v) is 22.8. The van der Waals surface area contributed by atoms with Crippen molar-refractivity contribution >= 4 is 33.3 Å². The molecule has 0 aliphatic rings. The number of hydrogen-bond acceptors (Lipinski definition) is 8. The van der Waals surface area contributed by atoms with Crippen LogP contribution in [0.2, 0.25) is 0 Å². The van der Waals surface area contributed by atoms with Gasteiger partial charge < -0.3 is 9.84 Å². The third-order valence-corrected chi connectivity index (χ3v) is 6.27. The first-order valence-electron chi connectivity index (χ1n) is 12.0. The summed E-state index contributed by atoms with van der Waals surface area (Å²) in [5, 5.41) is 6.47. The zero-order valence-electron chi connectivity index (χ0n) is 22.0. The van der Waals surface area contributed by atoms with Gasteiger partial charge in [-0.05, 0) is 35.9 Å². The van der Waals surface area contributed by atoms with Gasteiger partial charge in [0.2, 0.25) is 5.82 Å². The van der Waals surface area contributed by atoms with Crippen LogP contribution < -0.4 is 10.4 Å². The van der Waals surface area contributed by atoms with Gasteiger partial charge in [-0.1, -0.05) is 38.1 Å². The fourth-order valence-corrected chi connectivity index (χ4v) is 4.29. The Kier molecular flexibility index (Phi) is 6.85. The Morgan fingerprint density at radius 1 is 1.07 bits per heavy atom. The summed E-state index contributed by atoms with van der Waals surface area (Å²) < 4.78 is 50.8. The van der Waals surface area contributed by atoms with Crippen molar-refractivity contribution in [3.8, 4) is 22.4 Å². The average molecular weight is 565 g/mol. The van der Waals surface area contributed by atoms with E-state index in [1.54, 1.807) is 24.7 Å². The molecule has 1 N–H and O–H groups in total. The fraction of sp³-hybridized carbons (Fsp3) is 0.185. The van der Waals surface area contributed by atoms with Crippen LogP contribution in [0.15, 0.2) is 77.8 Å². The first-order valence-corrected chi connectivity index (χ1v) is 13.9. The summed E-state index contributed by atoms with van der Waals surface area (Å²) in [7, 11) is -4.15. The molecule has 0 bridgehead atoms. The Bertz CT molecular complexity index is 1810. The molecule has 0 spiro atoms. The number of urea groups is 1. The van der Waals surface area contributed by atoms with E-state index < -0.39 is 27.4 Å². The molecule has 0 atom stereocenters. The number of nitrogens with zero attached hydrogens (tertiary/aromatic N) is 5. The lowest BCUT2D eigenvalue weighted by Crippen LogP contribution is -2.37. The lowest BCUT2D eigenvalue weighted by Gasteiger charge is -2.18. The second-order valence-corrected chi connectivity index (χ2v) is 11.6. The van der Waals surface area contributed by atoms with E-state index in [4.69, 9.17) is 8.81 Å². The average Bonchev–Trinajstić information content (AvgIpc) is 3.56. The summed E-state index contributed by atoms with van der Waals surface area (Å²) in [4.78, 5) is 21.6. The van der Waals surface area contributed by atoms with Crippen LogP contribution in [0.1, 0.15) is 26.5 Å². The van der Waals surface area contributed by atoms with Gasteiger partial charge in [0, 0.05) is 41.2 Å². The molecule has 0 saturated carbocycles. The molecule has 1 aromatic carbocycles. The number of imidazole rings is 1. The summed E-state index contributed by atoms with van der Waals surface area (Å²) in [6, 6.07) is 12.1. The Labute approximate surface area is 229 Å². The standard InChI is InChI=1S/C27H25FN6O5S/c1-27(2,3)23-14-25(32-38-23)34(39-40(4,36)37)26(35)31-21-8-7-18(12-20(21)28)22-16-30-24-13-17(9-11-33(22)24)19-6-5-10-29-15-19/h5-16H,1-4H3,(H,31,35). The van der Waals surface area contributed by atoms with Crippen LogP contribution in [0.5, 0.6) is 0 Å². The predicted molar refractivity (Wildman–Crippen MR) is 146 cm³/mol. The van der Waals surface area contributed by atoms with E-state index in [0.29, 0.717) is 27.7 Å². The van der Waals surface area contributed by atoms with Crippen LogP contribution in [0, 0.1) is 5.82 Å². The number of hydrogen-bond donors (Lipinski definition) is 1. The predicted octanol–water partition coefficient (Wildman–Crippen LogP) is 5.42. The van der Waals surface area contributed by atoms with E-state index in [1.807, 2.05) is 55.6 Å². The second-order valence-electron chi connectivity index (χ2n) is 10.0. The van der Waals surface area contributed by atoms with Gasteiger partial charge in [0.25, 0.3) is 10.1 Å². The van der Waals surface area contributed by atoms with Crippen molar-refractivity contribution in [3.63, 3.8) is 0 Å². The first kappa shape index (κ1) is 27.0. The van der Waals surface area contributed by atoms with Crippen molar-refractivity contribution in [2.45, 2.75) is 26.2 Å². The third-order valence-electron chi connectivity index (χ3n) is 5.85. The number of carbonyl (C=O) groups excluding carboxylic acids is 1. The molecule has 40 heavy (non-hydrogen) atoms. The molecule has 5 aromatic rings. The molecule has 0 unspecified atom stereocenters. The number of aromatic nitrogens is 4. The van der Waals surface area contributed by atoms with Crippen LogP contribution in [0.25, 0.3) is 28.0 Å². The second kappa shape index (κ2) is 10.2. The van der Waals surface area contributed by atoms with Gasteiger partial charge >= 0.3 is 6.03 Å². The molecule has 4 aromatic heterocycles. The van der Waals surface area contributed by atoms with Crippen molar-refractivity contribution in [1.82, 2.24) is 19.5 Å². The number of pyridine rings is 2. The molecule has 11 nitrogen and oxygen atoms in total. The molecule has 206 valence electrons. The summed E-state index contributed by atoms with van der Waals surface area (Å²) in [5.74, 6) is -0.600. The van der Waals surface area contributed by atoms with E-state index in [0.717, 1.165) is 17.4 Å². The Morgan fingerprint density at radius 3 is 2.52 bits per heavy atom. The maximum absolute atomic E-state index is 15.2. The molecular formula is C27H25FN6O5S. The van der Waals surface area contributed by atoms with Crippen molar-refractivity contribution in [2.75, 3.05) is 16.6 Å². The minimum Gasteiger partial charge on any atom is -0.359 e. The number of nitrogens with one attached hydrogen (secondary N) is 1. The number of hydroxylamine groups is 1. The van der Waals surface area contributed by atoms with Gasteiger partial charge in [0.05, 0.1) is 23.8 Å². The van der Waals surface area contributed by atoms with Gasteiger partial charge in [-0.25, -0.2) is 14.2 Å². The number of rotatable bonds is 6. The number of fused-ring (bicyclic) bond motifs is 1. The number of benzene rings is 1. The SMILES string of the molecule is CC(C)(C)c1cc(N(OS(C)(=O)=O)C(=O)Nc2ccc(-c3cnc4cc(-c5cccnc5)ccn34)cc2F)no1. The quantitative estimate of drug-likeness (QED) is 0.271. The van der Waals surface area contributed by atoms with Crippen LogP contribution in [0.4, 0.5) is 20.7 Å². The topological polar surface area (TPSA) is 132 Å². The van der Waals surface area contributed by atoms with Gasteiger partial charge in [0.15, 0.2) is 0 Å². The Hall–Kier alpha value is -4.62. The van der Waals surface area contributed by atoms with Gasteiger partial charge in [-0.2, -0.15) is 8.42 Å². The number of anilines is 2. The lowest BCUT2D eigenvalue weighted by atomic mass is 9.93. The highest BCUT2D eigenvalue weighted by molar-refractivity contribution is 7.86. The summed E-state index contributed by atoms with van der Waals surface area (Å²) in [6.07, 6.45) is 7.67.